The third-order valence-electron chi connectivity index (χ3n) is 2.17. The lowest BCUT2D eigenvalue weighted by Crippen LogP contribution is -2.32. The van der Waals surface area contributed by atoms with Crippen LogP contribution in [-0.2, 0) is 16.1 Å². The Kier molecular flexibility index (Phi) is 3.78. The second-order valence-corrected chi connectivity index (χ2v) is 3.66. The lowest BCUT2D eigenvalue weighted by Gasteiger charge is -2.09. The van der Waals surface area contributed by atoms with E-state index < -0.39 is 5.97 Å². The molecule has 0 saturated carbocycles. The van der Waals surface area contributed by atoms with E-state index in [1.165, 1.54) is 11.7 Å². The minimum atomic E-state index is -0.495. The molecule has 1 rings (SSSR count). The van der Waals surface area contributed by atoms with Crippen molar-refractivity contribution in [1.29, 1.82) is 0 Å². The zero-order valence-electron chi connectivity index (χ0n) is 9.02. The molecule has 0 aromatic carbocycles. The van der Waals surface area contributed by atoms with E-state index in [-0.39, 0.29) is 22.7 Å². The third kappa shape index (κ3) is 2.46. The molecule has 0 bridgehead atoms. The van der Waals surface area contributed by atoms with Gasteiger partial charge < -0.3 is 15.0 Å². The van der Waals surface area contributed by atoms with Crippen LogP contribution in [0.25, 0.3) is 0 Å². The maximum atomic E-state index is 11.9. The van der Waals surface area contributed by atoms with Crippen LogP contribution < -0.4 is 11.3 Å². The first-order valence-electron chi connectivity index (χ1n) is 4.54. The van der Waals surface area contributed by atoms with E-state index in [1.807, 2.05) is 0 Å². The first-order valence-corrected chi connectivity index (χ1v) is 4.95. The van der Waals surface area contributed by atoms with E-state index >= 15 is 0 Å². The molecule has 1 heterocycles. The molecule has 0 aliphatic rings. The molecule has 0 spiro atoms. The number of hydrogen-bond donors (Lipinski definition) is 1. The van der Waals surface area contributed by atoms with Crippen LogP contribution >= 0.6 is 12.2 Å². The summed E-state index contributed by atoms with van der Waals surface area (Å²) in [6, 6.07) is 3.23. The van der Waals surface area contributed by atoms with Gasteiger partial charge in [0.1, 0.15) is 11.5 Å². The number of nitrogens with two attached hydrogens (primary N) is 1. The molecular formula is C10H12N2O3S. The minimum Gasteiger partial charge on any atom is -0.468 e. The molecule has 2 N–H and O–H groups in total. The van der Waals surface area contributed by atoms with Gasteiger partial charge >= 0.3 is 5.97 Å². The number of carbonyl (C=O) groups is 1. The summed E-state index contributed by atoms with van der Waals surface area (Å²) in [5, 5.41) is 0. The van der Waals surface area contributed by atoms with Crippen molar-refractivity contribution in [3.05, 3.63) is 33.7 Å². The highest BCUT2D eigenvalue weighted by molar-refractivity contribution is 7.80. The number of aryl methyl sites for hydroxylation is 1. The Hall–Kier alpha value is -1.69. The summed E-state index contributed by atoms with van der Waals surface area (Å²) >= 11 is 4.74. The van der Waals surface area contributed by atoms with Gasteiger partial charge in [0.15, 0.2) is 0 Å². The SMILES string of the molecule is COC(=O)Cn1c(C)ccc(C(N)=S)c1=O. The van der Waals surface area contributed by atoms with Crippen molar-refractivity contribution in [3.8, 4) is 0 Å². The maximum absolute atomic E-state index is 11.9. The highest BCUT2D eigenvalue weighted by atomic mass is 32.1. The molecule has 5 nitrogen and oxygen atoms in total. The Bertz CT molecular complexity index is 493. The van der Waals surface area contributed by atoms with Gasteiger partial charge in [-0.15, -0.1) is 0 Å². The molecule has 16 heavy (non-hydrogen) atoms. The number of nitrogens with zero attached hydrogens (tertiary/aromatic N) is 1. The van der Waals surface area contributed by atoms with Crippen LogP contribution in [0.15, 0.2) is 16.9 Å². The summed E-state index contributed by atoms with van der Waals surface area (Å²) in [5.74, 6) is -0.495. The zero-order chi connectivity index (χ0) is 12.3. The van der Waals surface area contributed by atoms with Crippen LogP contribution in [0.4, 0.5) is 0 Å². The summed E-state index contributed by atoms with van der Waals surface area (Å²) in [4.78, 5) is 23.0. The number of hydrogen-bond acceptors (Lipinski definition) is 4. The second-order valence-electron chi connectivity index (χ2n) is 3.22. The highest BCUT2D eigenvalue weighted by Crippen LogP contribution is 1.99. The van der Waals surface area contributed by atoms with Gasteiger partial charge in [0.2, 0.25) is 0 Å². The topological polar surface area (TPSA) is 74.3 Å². The van der Waals surface area contributed by atoms with Crippen molar-refractivity contribution in [2.75, 3.05) is 7.11 Å². The molecule has 0 saturated heterocycles. The van der Waals surface area contributed by atoms with Crippen molar-refractivity contribution in [2.24, 2.45) is 5.73 Å². The Morgan fingerprint density at radius 1 is 1.56 bits per heavy atom. The van der Waals surface area contributed by atoms with Gasteiger partial charge in [-0.2, -0.15) is 0 Å². The fourth-order valence-corrected chi connectivity index (χ4v) is 1.40. The van der Waals surface area contributed by atoms with Gasteiger partial charge in [-0.1, -0.05) is 12.2 Å². The van der Waals surface area contributed by atoms with E-state index in [1.54, 1.807) is 19.1 Å². The molecule has 0 fully saturated rings. The Labute approximate surface area is 97.8 Å². The molecule has 0 atom stereocenters. The largest absolute Gasteiger partial charge is 0.468 e. The number of carbonyl (C=O) groups excluding carboxylic acids is 1. The first-order chi connectivity index (χ1) is 7.47. The summed E-state index contributed by atoms with van der Waals surface area (Å²) in [7, 11) is 1.26. The summed E-state index contributed by atoms with van der Waals surface area (Å²) in [6.07, 6.45) is 0. The van der Waals surface area contributed by atoms with Gasteiger partial charge in [0, 0.05) is 5.69 Å². The van der Waals surface area contributed by atoms with Gasteiger partial charge in [0.25, 0.3) is 5.56 Å². The van der Waals surface area contributed by atoms with Crippen LogP contribution in [0, 0.1) is 6.92 Å². The van der Waals surface area contributed by atoms with E-state index in [9.17, 15) is 9.59 Å². The molecule has 0 unspecified atom stereocenters. The molecule has 1 aromatic rings. The zero-order valence-corrected chi connectivity index (χ0v) is 9.84. The number of methoxy groups -OCH3 is 1. The van der Waals surface area contributed by atoms with Gasteiger partial charge in [-0.25, -0.2) is 0 Å². The average molecular weight is 240 g/mol. The van der Waals surface area contributed by atoms with Crippen molar-refractivity contribution >= 4 is 23.2 Å². The van der Waals surface area contributed by atoms with Crippen LogP contribution in [0.5, 0.6) is 0 Å². The summed E-state index contributed by atoms with van der Waals surface area (Å²) in [6.45, 7) is 1.57. The van der Waals surface area contributed by atoms with Crippen LogP contribution in [0.2, 0.25) is 0 Å². The van der Waals surface area contributed by atoms with E-state index in [0.717, 1.165) is 0 Å². The fourth-order valence-electron chi connectivity index (χ4n) is 1.25. The van der Waals surface area contributed by atoms with Gasteiger partial charge in [-0.3, -0.25) is 9.59 Å². The molecule has 0 amide bonds. The fraction of sp³-hybridized carbons (Fsp3) is 0.300. The number of thiocarbonyl (C=S) groups is 1. The van der Waals surface area contributed by atoms with Gasteiger partial charge in [0.05, 0.1) is 12.7 Å². The van der Waals surface area contributed by atoms with Crippen molar-refractivity contribution in [1.82, 2.24) is 4.57 Å². The summed E-state index contributed by atoms with van der Waals surface area (Å²) < 4.78 is 5.78. The maximum Gasteiger partial charge on any atom is 0.325 e. The highest BCUT2D eigenvalue weighted by Gasteiger charge is 2.11. The Balaban J connectivity index is 3.27. The predicted molar refractivity (Wildman–Crippen MR) is 63.3 cm³/mol. The average Bonchev–Trinajstić information content (AvgIpc) is 2.23. The van der Waals surface area contributed by atoms with Crippen LogP contribution in [0.1, 0.15) is 11.3 Å². The molecule has 6 heteroatoms. The van der Waals surface area contributed by atoms with Crippen LogP contribution in [0.3, 0.4) is 0 Å². The smallest absolute Gasteiger partial charge is 0.325 e. The quantitative estimate of drug-likeness (QED) is 0.593. The number of rotatable bonds is 3. The second kappa shape index (κ2) is 4.89. The molecule has 86 valence electrons. The molecule has 0 aliphatic heterocycles. The standard InChI is InChI=1S/C10H12N2O3S/c1-6-3-4-7(9(11)16)10(14)12(6)5-8(13)15-2/h3-4H,5H2,1-2H3,(H2,11,16). The van der Waals surface area contributed by atoms with E-state index in [4.69, 9.17) is 18.0 Å². The Morgan fingerprint density at radius 3 is 2.69 bits per heavy atom. The lowest BCUT2D eigenvalue weighted by atomic mass is 10.2. The van der Waals surface area contributed by atoms with Crippen LogP contribution in [-0.4, -0.2) is 22.6 Å². The van der Waals surface area contributed by atoms with Crippen molar-refractivity contribution in [2.45, 2.75) is 13.5 Å². The summed E-state index contributed by atoms with van der Waals surface area (Å²) in [5.41, 5.74) is 5.90. The normalized spacial score (nSPS) is 9.88. The molecular weight excluding hydrogens is 228 g/mol. The monoisotopic (exact) mass is 240 g/mol. The van der Waals surface area contributed by atoms with E-state index in [0.29, 0.717) is 5.69 Å². The lowest BCUT2D eigenvalue weighted by molar-refractivity contribution is -0.141. The van der Waals surface area contributed by atoms with Gasteiger partial charge in [-0.05, 0) is 19.1 Å². The number of ether oxygens (including phenoxy) is 1. The first kappa shape index (κ1) is 12.4. The van der Waals surface area contributed by atoms with Crippen molar-refractivity contribution < 1.29 is 9.53 Å². The predicted octanol–water partition coefficient (Wildman–Crippen LogP) is -0.0361. The van der Waals surface area contributed by atoms with E-state index in [2.05, 4.69) is 4.74 Å². The molecule has 0 radical (unpaired) electrons. The van der Waals surface area contributed by atoms with Crippen molar-refractivity contribution in [3.63, 3.8) is 0 Å². The molecule has 1 aromatic heterocycles. The number of aromatic nitrogens is 1. The number of pyridine rings is 1. The Morgan fingerprint density at radius 2 is 2.19 bits per heavy atom. The molecule has 0 aliphatic carbocycles. The third-order valence-corrected chi connectivity index (χ3v) is 2.39. The number of esters is 1. The minimum absolute atomic E-state index is 0.0172.